The van der Waals surface area contributed by atoms with Crippen molar-refractivity contribution in [1.29, 1.82) is 0 Å². The van der Waals surface area contributed by atoms with Gasteiger partial charge in [-0.15, -0.1) is 0 Å². The maximum Gasteiger partial charge on any atom is 0.246 e. The summed E-state index contributed by atoms with van der Waals surface area (Å²) in [4.78, 5) is 12.0. The van der Waals surface area contributed by atoms with Crippen LogP contribution in [0.4, 0.5) is 5.69 Å². The third-order valence-electron chi connectivity index (χ3n) is 3.02. The van der Waals surface area contributed by atoms with Gasteiger partial charge in [0.05, 0.1) is 5.69 Å². The Balaban J connectivity index is 1.95. The molecule has 2 aromatic rings. The van der Waals surface area contributed by atoms with Crippen LogP contribution in [0.25, 0.3) is 0 Å². The zero-order valence-corrected chi connectivity index (χ0v) is 12.1. The van der Waals surface area contributed by atoms with E-state index in [-0.39, 0.29) is 12.5 Å². The van der Waals surface area contributed by atoms with Gasteiger partial charge in [-0.2, -0.15) is 5.10 Å². The molecule has 0 aliphatic heterocycles. The van der Waals surface area contributed by atoms with Crippen LogP contribution in [0, 0.1) is 13.8 Å². The van der Waals surface area contributed by atoms with Gasteiger partial charge in [-0.05, 0) is 44.7 Å². The normalized spacial score (nSPS) is 10.6. The third kappa shape index (κ3) is 3.68. The molecule has 5 nitrogen and oxygen atoms in total. The molecule has 1 aromatic heterocycles. The van der Waals surface area contributed by atoms with Crippen LogP contribution in [0.5, 0.6) is 0 Å². The molecule has 0 saturated heterocycles. The molecule has 1 heterocycles. The molecule has 0 aliphatic rings. The van der Waals surface area contributed by atoms with E-state index < -0.39 is 0 Å². The van der Waals surface area contributed by atoms with Gasteiger partial charge >= 0.3 is 0 Å². The number of hydrogen-bond donors (Lipinski definition) is 2. The third-order valence-corrected chi connectivity index (χ3v) is 3.02. The second kappa shape index (κ2) is 6.34. The first-order valence-electron chi connectivity index (χ1n) is 6.63. The molecule has 2 N–H and O–H groups in total. The number of nitrogens with one attached hydrogen (secondary N) is 2. The summed E-state index contributed by atoms with van der Waals surface area (Å²) < 4.78 is 1.71. The van der Waals surface area contributed by atoms with E-state index in [1.807, 2.05) is 51.2 Å². The van der Waals surface area contributed by atoms with Crippen molar-refractivity contribution in [2.24, 2.45) is 0 Å². The number of rotatable bonds is 5. The van der Waals surface area contributed by atoms with Crippen LogP contribution in [-0.4, -0.2) is 22.7 Å². The van der Waals surface area contributed by atoms with Crippen molar-refractivity contribution in [3.05, 3.63) is 47.3 Å². The Morgan fingerprint density at radius 1 is 1.25 bits per heavy atom. The van der Waals surface area contributed by atoms with E-state index in [4.69, 9.17) is 0 Å². The first-order chi connectivity index (χ1) is 9.58. The average molecular weight is 272 g/mol. The molecule has 0 radical (unpaired) electrons. The molecule has 0 unspecified atom stereocenters. The number of anilines is 1. The number of hydrogen-bond acceptors (Lipinski definition) is 3. The summed E-state index contributed by atoms with van der Waals surface area (Å²) >= 11 is 0. The van der Waals surface area contributed by atoms with Gasteiger partial charge in [0.1, 0.15) is 6.54 Å². The minimum Gasteiger partial charge on any atom is -0.324 e. The summed E-state index contributed by atoms with van der Waals surface area (Å²) in [7, 11) is 1.91. The highest BCUT2D eigenvalue weighted by molar-refractivity contribution is 5.90. The van der Waals surface area contributed by atoms with Crippen LogP contribution in [0.2, 0.25) is 0 Å². The van der Waals surface area contributed by atoms with Crippen LogP contribution < -0.4 is 10.6 Å². The summed E-state index contributed by atoms with van der Waals surface area (Å²) in [6.45, 7) is 4.92. The van der Waals surface area contributed by atoms with E-state index in [9.17, 15) is 4.79 Å². The number of nitrogens with zero attached hydrogens (tertiary/aromatic N) is 2. The Hall–Kier alpha value is -2.14. The molecular weight excluding hydrogens is 252 g/mol. The predicted molar refractivity (Wildman–Crippen MR) is 79.5 cm³/mol. The average Bonchev–Trinajstić information content (AvgIpc) is 2.70. The van der Waals surface area contributed by atoms with Crippen molar-refractivity contribution in [2.45, 2.75) is 26.9 Å². The fourth-order valence-corrected chi connectivity index (χ4v) is 2.08. The quantitative estimate of drug-likeness (QED) is 0.873. The number of carbonyl (C=O) groups excluding carboxylic acids is 1. The summed E-state index contributed by atoms with van der Waals surface area (Å²) in [6.07, 6.45) is 0. The van der Waals surface area contributed by atoms with E-state index in [1.54, 1.807) is 4.68 Å². The number of aromatic nitrogens is 2. The van der Waals surface area contributed by atoms with Gasteiger partial charge in [-0.1, -0.05) is 12.1 Å². The van der Waals surface area contributed by atoms with Crippen molar-refractivity contribution < 1.29 is 4.79 Å². The lowest BCUT2D eigenvalue weighted by atomic mass is 10.2. The number of amides is 1. The lowest BCUT2D eigenvalue weighted by molar-refractivity contribution is -0.116. The Morgan fingerprint density at radius 3 is 2.50 bits per heavy atom. The molecule has 0 aliphatic carbocycles. The Morgan fingerprint density at radius 2 is 1.95 bits per heavy atom. The molecular formula is C15H20N4O. The highest BCUT2D eigenvalue weighted by Crippen LogP contribution is 2.10. The van der Waals surface area contributed by atoms with Crippen molar-refractivity contribution in [3.63, 3.8) is 0 Å². The van der Waals surface area contributed by atoms with E-state index in [1.165, 1.54) is 5.56 Å². The number of aryl methyl sites for hydroxylation is 2. The molecule has 2 rings (SSSR count). The molecule has 1 aromatic carbocycles. The smallest absolute Gasteiger partial charge is 0.246 e. The lowest BCUT2D eigenvalue weighted by Crippen LogP contribution is -2.20. The summed E-state index contributed by atoms with van der Waals surface area (Å²) in [5.74, 6) is -0.0717. The number of carbonyl (C=O) groups is 1. The van der Waals surface area contributed by atoms with Crippen LogP contribution in [0.15, 0.2) is 30.3 Å². The summed E-state index contributed by atoms with van der Waals surface area (Å²) in [5, 5.41) is 10.2. The zero-order valence-electron chi connectivity index (χ0n) is 12.1. The fourth-order valence-electron chi connectivity index (χ4n) is 2.08. The summed E-state index contributed by atoms with van der Waals surface area (Å²) in [5.41, 5.74) is 3.90. The van der Waals surface area contributed by atoms with E-state index in [0.29, 0.717) is 0 Å². The van der Waals surface area contributed by atoms with Crippen LogP contribution >= 0.6 is 0 Å². The highest BCUT2D eigenvalue weighted by atomic mass is 16.2. The second-order valence-corrected chi connectivity index (χ2v) is 4.86. The highest BCUT2D eigenvalue weighted by Gasteiger charge is 2.07. The maximum atomic E-state index is 12.0. The van der Waals surface area contributed by atoms with Gasteiger partial charge in [-0.25, -0.2) is 0 Å². The standard InChI is InChI=1S/C15H20N4O/c1-11-8-12(2)19(18-11)10-15(20)17-14-6-4-13(5-7-14)9-16-3/h4-8,16H,9-10H2,1-3H3,(H,17,20). The van der Waals surface area contributed by atoms with Crippen molar-refractivity contribution in [3.8, 4) is 0 Å². The van der Waals surface area contributed by atoms with Crippen molar-refractivity contribution >= 4 is 11.6 Å². The lowest BCUT2D eigenvalue weighted by Gasteiger charge is -2.07. The van der Waals surface area contributed by atoms with Crippen LogP contribution in [0.3, 0.4) is 0 Å². The Kier molecular flexibility index (Phi) is 4.53. The molecule has 1 amide bonds. The minimum atomic E-state index is -0.0717. The molecule has 5 heteroatoms. The van der Waals surface area contributed by atoms with Gasteiger partial charge in [-0.3, -0.25) is 9.48 Å². The predicted octanol–water partition coefficient (Wildman–Crippen LogP) is 1.86. The van der Waals surface area contributed by atoms with Crippen molar-refractivity contribution in [2.75, 3.05) is 12.4 Å². The van der Waals surface area contributed by atoms with E-state index >= 15 is 0 Å². The van der Waals surface area contributed by atoms with Gasteiger partial charge in [0.2, 0.25) is 5.91 Å². The second-order valence-electron chi connectivity index (χ2n) is 4.86. The molecule has 0 bridgehead atoms. The molecule has 0 saturated carbocycles. The fraction of sp³-hybridized carbons (Fsp3) is 0.333. The zero-order chi connectivity index (χ0) is 14.5. The number of benzene rings is 1. The first kappa shape index (κ1) is 14.3. The van der Waals surface area contributed by atoms with E-state index in [0.717, 1.165) is 23.6 Å². The molecule has 0 spiro atoms. The minimum absolute atomic E-state index is 0.0717. The van der Waals surface area contributed by atoms with Crippen molar-refractivity contribution in [1.82, 2.24) is 15.1 Å². The van der Waals surface area contributed by atoms with Gasteiger partial charge in [0, 0.05) is 17.9 Å². The maximum absolute atomic E-state index is 12.0. The van der Waals surface area contributed by atoms with Gasteiger partial charge in [0.25, 0.3) is 0 Å². The van der Waals surface area contributed by atoms with Crippen LogP contribution in [-0.2, 0) is 17.9 Å². The topological polar surface area (TPSA) is 58.9 Å². The summed E-state index contributed by atoms with van der Waals surface area (Å²) in [6, 6.07) is 9.77. The molecule has 20 heavy (non-hydrogen) atoms. The molecule has 0 atom stereocenters. The van der Waals surface area contributed by atoms with E-state index in [2.05, 4.69) is 15.7 Å². The Bertz CT molecular complexity index is 586. The SMILES string of the molecule is CNCc1ccc(NC(=O)Cn2nc(C)cc2C)cc1. The van der Waals surface area contributed by atoms with Gasteiger partial charge < -0.3 is 10.6 Å². The largest absolute Gasteiger partial charge is 0.324 e. The Labute approximate surface area is 119 Å². The van der Waals surface area contributed by atoms with Crippen LogP contribution in [0.1, 0.15) is 17.0 Å². The molecule has 0 fully saturated rings. The molecule has 106 valence electrons. The first-order valence-corrected chi connectivity index (χ1v) is 6.63. The van der Waals surface area contributed by atoms with Gasteiger partial charge in [0.15, 0.2) is 0 Å². The monoisotopic (exact) mass is 272 g/mol.